The number of amides is 2. The highest BCUT2D eigenvalue weighted by Gasteiger charge is 2.40. The molecule has 0 aromatic heterocycles. The van der Waals surface area contributed by atoms with Crippen LogP contribution in [0.4, 0.5) is 11.4 Å². The standard InChI is InChI=1S/C27H25ClN2O2/c1-16(2)19-10-12-21(13-11-19)29-25-24(20-8-5-17(3)6-9-20)26(31)30(27(25)32)22-14-7-18(4)23(28)15-22/h5-16,29H,1-4H3. The Morgan fingerprint density at radius 2 is 1.50 bits per heavy atom. The number of aryl methyl sites for hydroxylation is 2. The zero-order valence-electron chi connectivity index (χ0n) is 18.6. The molecule has 1 N–H and O–H groups in total. The Bertz CT molecular complexity index is 1230. The summed E-state index contributed by atoms with van der Waals surface area (Å²) in [5.74, 6) is -0.374. The molecule has 0 aliphatic carbocycles. The Hall–Kier alpha value is -3.37. The molecule has 0 saturated heterocycles. The second kappa shape index (κ2) is 8.64. The van der Waals surface area contributed by atoms with E-state index in [4.69, 9.17) is 11.6 Å². The summed E-state index contributed by atoms with van der Waals surface area (Å²) in [6.45, 7) is 8.12. The van der Waals surface area contributed by atoms with Gasteiger partial charge in [-0.3, -0.25) is 9.59 Å². The minimum atomic E-state index is -0.404. The molecule has 1 heterocycles. The van der Waals surface area contributed by atoms with Crippen molar-refractivity contribution < 1.29 is 9.59 Å². The molecule has 4 nitrogen and oxygen atoms in total. The minimum absolute atomic E-state index is 0.257. The molecule has 3 aromatic rings. The molecule has 0 saturated carbocycles. The van der Waals surface area contributed by atoms with Crippen molar-refractivity contribution >= 4 is 40.4 Å². The topological polar surface area (TPSA) is 49.4 Å². The Labute approximate surface area is 193 Å². The van der Waals surface area contributed by atoms with Crippen LogP contribution in [-0.2, 0) is 9.59 Å². The van der Waals surface area contributed by atoms with Crippen LogP contribution < -0.4 is 10.2 Å². The fourth-order valence-electron chi connectivity index (χ4n) is 3.68. The minimum Gasteiger partial charge on any atom is -0.350 e. The first-order chi connectivity index (χ1) is 15.3. The van der Waals surface area contributed by atoms with Crippen molar-refractivity contribution in [2.24, 2.45) is 0 Å². The average Bonchev–Trinajstić information content (AvgIpc) is 3.01. The highest BCUT2D eigenvalue weighted by atomic mass is 35.5. The zero-order valence-corrected chi connectivity index (χ0v) is 19.3. The normalized spacial score (nSPS) is 14.0. The lowest BCUT2D eigenvalue weighted by molar-refractivity contribution is -0.120. The molecule has 2 amide bonds. The van der Waals surface area contributed by atoms with Crippen molar-refractivity contribution in [2.45, 2.75) is 33.6 Å². The fraction of sp³-hybridized carbons (Fsp3) is 0.185. The van der Waals surface area contributed by atoms with Crippen LogP contribution in [0.1, 0.15) is 42.0 Å². The number of hydrogen-bond donors (Lipinski definition) is 1. The Morgan fingerprint density at radius 1 is 0.844 bits per heavy atom. The molecule has 162 valence electrons. The quantitative estimate of drug-likeness (QED) is 0.458. The predicted molar refractivity (Wildman–Crippen MR) is 131 cm³/mol. The number of benzene rings is 3. The van der Waals surface area contributed by atoms with Gasteiger partial charge >= 0.3 is 0 Å². The van der Waals surface area contributed by atoms with E-state index < -0.39 is 5.91 Å². The summed E-state index contributed by atoms with van der Waals surface area (Å²) in [6, 6.07) is 20.7. The van der Waals surface area contributed by atoms with Gasteiger partial charge in [0.25, 0.3) is 11.8 Å². The van der Waals surface area contributed by atoms with Crippen LogP contribution in [0.2, 0.25) is 5.02 Å². The summed E-state index contributed by atoms with van der Waals surface area (Å²) in [5, 5.41) is 3.72. The molecular weight excluding hydrogens is 420 g/mol. The predicted octanol–water partition coefficient (Wildman–Crippen LogP) is 6.48. The fourth-order valence-corrected chi connectivity index (χ4v) is 3.86. The number of carbonyl (C=O) groups excluding carboxylic acids is 2. The van der Waals surface area contributed by atoms with E-state index in [1.807, 2.05) is 62.4 Å². The third-order valence-electron chi connectivity index (χ3n) is 5.68. The largest absolute Gasteiger partial charge is 0.350 e. The molecule has 0 bridgehead atoms. The Balaban J connectivity index is 1.78. The lowest BCUT2D eigenvalue weighted by atomic mass is 10.0. The van der Waals surface area contributed by atoms with Gasteiger partial charge in [0.2, 0.25) is 0 Å². The summed E-state index contributed by atoms with van der Waals surface area (Å²) < 4.78 is 0. The van der Waals surface area contributed by atoms with Gasteiger partial charge in [0.05, 0.1) is 11.3 Å². The first-order valence-electron chi connectivity index (χ1n) is 10.6. The Morgan fingerprint density at radius 3 is 2.09 bits per heavy atom. The van der Waals surface area contributed by atoms with Crippen molar-refractivity contribution in [1.29, 1.82) is 0 Å². The van der Waals surface area contributed by atoms with Crippen molar-refractivity contribution in [3.63, 3.8) is 0 Å². The highest BCUT2D eigenvalue weighted by molar-refractivity contribution is 6.46. The van der Waals surface area contributed by atoms with E-state index in [9.17, 15) is 9.59 Å². The number of hydrogen-bond acceptors (Lipinski definition) is 3. The number of anilines is 2. The molecule has 32 heavy (non-hydrogen) atoms. The summed E-state index contributed by atoms with van der Waals surface area (Å²) in [5.41, 5.74) is 5.65. The highest BCUT2D eigenvalue weighted by Crippen LogP contribution is 2.35. The molecule has 0 radical (unpaired) electrons. The Kier molecular flexibility index (Phi) is 5.90. The maximum Gasteiger partial charge on any atom is 0.282 e. The van der Waals surface area contributed by atoms with Crippen molar-refractivity contribution in [1.82, 2.24) is 0 Å². The van der Waals surface area contributed by atoms with E-state index in [1.165, 1.54) is 10.5 Å². The van der Waals surface area contributed by atoms with E-state index in [1.54, 1.807) is 18.2 Å². The van der Waals surface area contributed by atoms with Crippen LogP contribution in [0.3, 0.4) is 0 Å². The third kappa shape index (κ3) is 4.06. The van der Waals surface area contributed by atoms with Crippen molar-refractivity contribution in [3.8, 4) is 0 Å². The molecular formula is C27H25ClN2O2. The van der Waals surface area contributed by atoms with Gasteiger partial charge in [-0.2, -0.15) is 0 Å². The number of nitrogens with zero attached hydrogens (tertiary/aromatic N) is 1. The van der Waals surface area contributed by atoms with E-state index in [0.29, 0.717) is 27.8 Å². The molecule has 0 spiro atoms. The van der Waals surface area contributed by atoms with Crippen LogP contribution in [0.25, 0.3) is 5.57 Å². The zero-order chi connectivity index (χ0) is 23.0. The van der Waals surface area contributed by atoms with E-state index >= 15 is 0 Å². The third-order valence-corrected chi connectivity index (χ3v) is 6.09. The van der Waals surface area contributed by atoms with Gasteiger partial charge in [0.1, 0.15) is 5.70 Å². The van der Waals surface area contributed by atoms with Gasteiger partial charge in [-0.25, -0.2) is 4.90 Å². The molecule has 4 rings (SSSR count). The maximum atomic E-state index is 13.5. The van der Waals surface area contributed by atoms with Crippen LogP contribution in [0.5, 0.6) is 0 Å². The number of nitrogens with one attached hydrogen (secondary N) is 1. The second-order valence-corrected chi connectivity index (χ2v) is 8.80. The van der Waals surface area contributed by atoms with Crippen LogP contribution in [0.15, 0.2) is 72.4 Å². The first kappa shape index (κ1) is 21.8. The van der Waals surface area contributed by atoms with Crippen LogP contribution in [-0.4, -0.2) is 11.8 Å². The SMILES string of the molecule is Cc1ccc(C2=C(Nc3ccc(C(C)C)cc3)C(=O)N(c3ccc(C)c(Cl)c3)C2=O)cc1. The van der Waals surface area contributed by atoms with Gasteiger partial charge in [-0.05, 0) is 60.7 Å². The number of rotatable bonds is 5. The first-order valence-corrected chi connectivity index (χ1v) is 11.0. The summed E-state index contributed by atoms with van der Waals surface area (Å²) in [7, 11) is 0. The second-order valence-electron chi connectivity index (χ2n) is 8.40. The molecule has 3 aromatic carbocycles. The number of imide groups is 1. The van der Waals surface area contributed by atoms with Crippen molar-refractivity contribution in [2.75, 3.05) is 10.2 Å². The molecule has 5 heteroatoms. The molecule has 1 aliphatic heterocycles. The number of carbonyl (C=O) groups is 2. The van der Waals surface area contributed by atoms with Gasteiger partial charge in [0, 0.05) is 10.7 Å². The monoisotopic (exact) mass is 444 g/mol. The van der Waals surface area contributed by atoms with Gasteiger partial charge in [0.15, 0.2) is 0 Å². The van der Waals surface area contributed by atoms with Crippen LogP contribution in [0, 0.1) is 13.8 Å². The number of halogens is 1. The van der Waals surface area contributed by atoms with E-state index in [2.05, 4.69) is 19.2 Å². The summed E-state index contributed by atoms with van der Waals surface area (Å²) in [6.07, 6.45) is 0. The molecule has 0 unspecified atom stereocenters. The van der Waals surface area contributed by atoms with Crippen LogP contribution >= 0.6 is 11.6 Å². The van der Waals surface area contributed by atoms with Crippen molar-refractivity contribution in [3.05, 3.63) is 99.7 Å². The lowest BCUT2D eigenvalue weighted by Gasteiger charge is -2.16. The smallest absolute Gasteiger partial charge is 0.282 e. The molecule has 0 atom stereocenters. The van der Waals surface area contributed by atoms with E-state index in [-0.39, 0.29) is 11.6 Å². The summed E-state index contributed by atoms with van der Waals surface area (Å²) in [4.78, 5) is 28.2. The van der Waals surface area contributed by atoms with Gasteiger partial charge in [-0.15, -0.1) is 0 Å². The van der Waals surface area contributed by atoms with Gasteiger partial charge < -0.3 is 5.32 Å². The maximum absolute atomic E-state index is 13.5. The molecule has 1 aliphatic rings. The van der Waals surface area contributed by atoms with E-state index in [0.717, 1.165) is 16.8 Å². The summed E-state index contributed by atoms with van der Waals surface area (Å²) >= 11 is 6.29. The molecule has 0 fully saturated rings. The average molecular weight is 445 g/mol. The van der Waals surface area contributed by atoms with Gasteiger partial charge in [-0.1, -0.05) is 73.5 Å². The lowest BCUT2D eigenvalue weighted by Crippen LogP contribution is -2.32.